The van der Waals surface area contributed by atoms with Crippen molar-refractivity contribution in [1.82, 2.24) is 4.90 Å². The maximum Gasteiger partial charge on any atom is 0.321 e. The molecule has 2 heterocycles. The molecule has 1 aliphatic heterocycles. The smallest absolute Gasteiger partial charge is 0.321 e. The molecule has 3 rings (SSSR count). The van der Waals surface area contributed by atoms with E-state index in [2.05, 4.69) is 27.9 Å². The Morgan fingerprint density at radius 3 is 2.90 bits per heavy atom. The molecule has 1 aromatic heterocycles. The first kappa shape index (κ1) is 13.8. The molecule has 1 aromatic carbocycles. The number of carbonyl (C=O) groups excluding carboxylic acids is 1. The van der Waals surface area contributed by atoms with Gasteiger partial charge in [0, 0.05) is 19.3 Å². The molecule has 0 saturated heterocycles. The molecule has 1 unspecified atom stereocenters. The van der Waals surface area contributed by atoms with Gasteiger partial charge in [-0.05, 0) is 62.9 Å². The Hall–Kier alpha value is -1.12. The number of fused-ring (bicyclic) bond motifs is 1. The Kier molecular flexibility index (Phi) is 3.70. The quantitative estimate of drug-likeness (QED) is 0.760. The van der Waals surface area contributed by atoms with Crippen molar-refractivity contribution in [1.29, 1.82) is 0 Å². The van der Waals surface area contributed by atoms with E-state index in [0.717, 1.165) is 25.3 Å². The monoisotopic (exact) mass is 400 g/mol. The van der Waals surface area contributed by atoms with Crippen LogP contribution in [0.4, 0.5) is 10.5 Å². The van der Waals surface area contributed by atoms with Crippen molar-refractivity contribution >= 4 is 45.6 Å². The van der Waals surface area contributed by atoms with Gasteiger partial charge in [-0.1, -0.05) is 6.07 Å². The summed E-state index contributed by atoms with van der Waals surface area (Å²) in [4.78, 5) is 13.2. The average Bonchev–Trinajstić information content (AvgIpc) is 2.85. The zero-order valence-electron chi connectivity index (χ0n) is 10.8. The molecular formula is C14H13IN2O2S. The molecule has 0 spiro atoms. The van der Waals surface area contributed by atoms with Crippen LogP contribution >= 0.6 is 33.9 Å². The molecule has 4 nitrogen and oxygen atoms in total. The fourth-order valence-corrected chi connectivity index (χ4v) is 3.62. The largest absolute Gasteiger partial charge is 0.384 e. The summed E-state index contributed by atoms with van der Waals surface area (Å²) in [6.07, 6.45) is -0.622. The molecule has 1 aliphatic rings. The number of amides is 2. The van der Waals surface area contributed by atoms with Crippen molar-refractivity contribution in [3.8, 4) is 0 Å². The van der Waals surface area contributed by atoms with E-state index >= 15 is 0 Å². The van der Waals surface area contributed by atoms with Crippen LogP contribution in [0, 0.1) is 2.88 Å². The highest BCUT2D eigenvalue weighted by molar-refractivity contribution is 14.1. The number of nitrogens with zero attached hydrogens (tertiary/aromatic N) is 1. The first-order valence-electron chi connectivity index (χ1n) is 6.11. The number of anilines is 1. The molecule has 104 valence electrons. The van der Waals surface area contributed by atoms with Crippen LogP contribution in [-0.2, 0) is 6.54 Å². The second kappa shape index (κ2) is 5.34. The summed E-state index contributed by atoms with van der Waals surface area (Å²) in [6, 6.07) is 7.57. The number of aliphatic hydroxyl groups excluding tert-OH is 1. The van der Waals surface area contributed by atoms with Crippen molar-refractivity contribution in [2.45, 2.75) is 12.6 Å². The number of benzene rings is 1. The van der Waals surface area contributed by atoms with Gasteiger partial charge >= 0.3 is 6.03 Å². The summed E-state index contributed by atoms with van der Waals surface area (Å²) in [7, 11) is 1.75. The highest BCUT2D eigenvalue weighted by atomic mass is 127. The highest BCUT2D eigenvalue weighted by Gasteiger charge is 2.21. The van der Waals surface area contributed by atoms with Crippen LogP contribution in [0.1, 0.15) is 22.8 Å². The van der Waals surface area contributed by atoms with Crippen LogP contribution in [-0.4, -0.2) is 23.1 Å². The van der Waals surface area contributed by atoms with Gasteiger partial charge in [-0.25, -0.2) is 4.79 Å². The Morgan fingerprint density at radius 2 is 2.20 bits per heavy atom. The van der Waals surface area contributed by atoms with Gasteiger partial charge < -0.3 is 15.3 Å². The zero-order chi connectivity index (χ0) is 14.3. The fourth-order valence-electron chi connectivity index (χ4n) is 2.23. The average molecular weight is 400 g/mol. The van der Waals surface area contributed by atoms with E-state index in [4.69, 9.17) is 0 Å². The molecule has 6 heteroatoms. The van der Waals surface area contributed by atoms with Crippen LogP contribution in [0.3, 0.4) is 0 Å². The summed E-state index contributed by atoms with van der Waals surface area (Å²) < 4.78 is 1.15. The number of hydrogen-bond donors (Lipinski definition) is 2. The van der Waals surface area contributed by atoms with Gasteiger partial charge in [0.15, 0.2) is 0 Å². The summed E-state index contributed by atoms with van der Waals surface area (Å²) in [5.41, 5.74) is 3.60. The van der Waals surface area contributed by atoms with Crippen LogP contribution in [0.2, 0.25) is 0 Å². The fraction of sp³-hybridized carbons (Fsp3) is 0.214. The van der Waals surface area contributed by atoms with E-state index in [1.54, 1.807) is 23.3 Å². The van der Waals surface area contributed by atoms with E-state index < -0.39 is 6.10 Å². The molecule has 20 heavy (non-hydrogen) atoms. The van der Waals surface area contributed by atoms with Crippen molar-refractivity contribution in [3.63, 3.8) is 0 Å². The predicted molar refractivity (Wildman–Crippen MR) is 88.0 cm³/mol. The Labute approximate surface area is 134 Å². The van der Waals surface area contributed by atoms with E-state index in [-0.39, 0.29) is 6.03 Å². The van der Waals surface area contributed by atoms with Crippen LogP contribution < -0.4 is 5.32 Å². The number of aliphatic hydroxyl groups is 1. The predicted octanol–water partition coefficient (Wildman–Crippen LogP) is 3.41. The number of rotatable bonds is 2. The van der Waals surface area contributed by atoms with Crippen molar-refractivity contribution in [3.05, 3.63) is 49.2 Å². The molecule has 1 atom stereocenters. The molecule has 0 saturated carbocycles. The zero-order valence-corrected chi connectivity index (χ0v) is 13.7. The number of nitrogens with one attached hydrogen (secondary N) is 1. The minimum Gasteiger partial charge on any atom is -0.384 e. The molecule has 0 bridgehead atoms. The van der Waals surface area contributed by atoms with Crippen molar-refractivity contribution < 1.29 is 9.90 Å². The number of halogens is 1. The molecular weight excluding hydrogens is 387 g/mol. The molecule has 2 N–H and O–H groups in total. The first-order valence-corrected chi connectivity index (χ1v) is 8.07. The number of urea groups is 1. The summed E-state index contributed by atoms with van der Waals surface area (Å²) in [6.45, 7) is 0.558. The third-order valence-electron chi connectivity index (χ3n) is 3.34. The van der Waals surface area contributed by atoms with E-state index in [0.29, 0.717) is 6.54 Å². The van der Waals surface area contributed by atoms with Gasteiger partial charge in [0.05, 0.1) is 2.88 Å². The van der Waals surface area contributed by atoms with Gasteiger partial charge in [0.1, 0.15) is 6.10 Å². The van der Waals surface area contributed by atoms with Crippen LogP contribution in [0.15, 0.2) is 29.6 Å². The van der Waals surface area contributed by atoms with Gasteiger partial charge in [-0.2, -0.15) is 0 Å². The Bertz CT molecular complexity index is 671. The minimum absolute atomic E-state index is 0.0989. The van der Waals surface area contributed by atoms with Crippen molar-refractivity contribution in [2.75, 3.05) is 12.4 Å². The SMILES string of the molecule is CN1Cc2cc(C(O)c3csc(I)c3)ccc2NC1=O. The molecule has 0 aliphatic carbocycles. The second-order valence-corrected chi connectivity index (χ2v) is 7.59. The molecule has 0 fully saturated rings. The third-order valence-corrected chi connectivity index (χ3v) is 5.15. The van der Waals surface area contributed by atoms with E-state index in [1.807, 2.05) is 29.6 Å². The minimum atomic E-state index is -0.622. The number of thiophene rings is 1. The van der Waals surface area contributed by atoms with E-state index in [1.165, 1.54) is 0 Å². The number of hydrogen-bond acceptors (Lipinski definition) is 3. The highest BCUT2D eigenvalue weighted by Crippen LogP contribution is 2.31. The van der Waals surface area contributed by atoms with Crippen LogP contribution in [0.25, 0.3) is 0 Å². The number of carbonyl (C=O) groups is 1. The summed E-state index contributed by atoms with van der Waals surface area (Å²) in [5, 5.41) is 15.2. The van der Waals surface area contributed by atoms with Gasteiger partial charge in [0.25, 0.3) is 0 Å². The lowest BCUT2D eigenvalue weighted by Gasteiger charge is -2.26. The second-order valence-electron chi connectivity index (χ2n) is 4.79. The van der Waals surface area contributed by atoms with Crippen molar-refractivity contribution in [2.24, 2.45) is 0 Å². The van der Waals surface area contributed by atoms with Gasteiger partial charge in [0.2, 0.25) is 0 Å². The van der Waals surface area contributed by atoms with Crippen LogP contribution in [0.5, 0.6) is 0 Å². The van der Waals surface area contributed by atoms with Gasteiger partial charge in [-0.15, -0.1) is 11.3 Å². The molecule has 2 amide bonds. The Balaban J connectivity index is 1.92. The summed E-state index contributed by atoms with van der Waals surface area (Å²) >= 11 is 3.86. The molecule has 2 aromatic rings. The lowest BCUT2D eigenvalue weighted by Crippen LogP contribution is -2.35. The summed E-state index contributed by atoms with van der Waals surface area (Å²) in [5.74, 6) is 0. The third kappa shape index (κ3) is 2.55. The lowest BCUT2D eigenvalue weighted by atomic mass is 10.00. The van der Waals surface area contributed by atoms with E-state index in [9.17, 15) is 9.90 Å². The van der Waals surface area contributed by atoms with Gasteiger partial charge in [-0.3, -0.25) is 0 Å². The molecule has 0 radical (unpaired) electrons. The topological polar surface area (TPSA) is 52.6 Å². The Morgan fingerprint density at radius 1 is 1.40 bits per heavy atom. The normalized spacial score (nSPS) is 15.8. The standard InChI is InChI=1S/C14H13IN2O2S/c1-17-6-9-4-8(2-3-11(9)16-14(17)19)13(18)10-5-12(15)20-7-10/h2-5,7,13,18H,6H2,1H3,(H,16,19). The maximum absolute atomic E-state index is 11.6. The maximum atomic E-state index is 11.6. The lowest BCUT2D eigenvalue weighted by molar-refractivity contribution is 0.217. The first-order chi connectivity index (χ1) is 9.54.